The van der Waals surface area contributed by atoms with Gasteiger partial charge in [-0.05, 0) is 50.8 Å². The Morgan fingerprint density at radius 1 is 0.879 bits per heavy atom. The highest BCUT2D eigenvalue weighted by Gasteiger charge is 2.29. The molecule has 1 N–H and O–H groups in total. The van der Waals surface area contributed by atoms with Crippen molar-refractivity contribution < 1.29 is 19.1 Å². The number of aryl methyl sites for hydroxylation is 1. The largest absolute Gasteiger partial charge is 0.465 e. The third kappa shape index (κ3) is 9.04. The summed E-state index contributed by atoms with van der Waals surface area (Å²) in [5.41, 5.74) is 2.17. The molecular weight excluding hydrogens is 430 g/mol. The molecule has 6 heteroatoms. The SMILES string of the molecule is CCOC(=O)C(CCc1ccc(NCCCC[Si](C)(C)c2ccccc2)cc1)C(=O)OCC. The van der Waals surface area contributed by atoms with Gasteiger partial charge in [-0.15, -0.1) is 0 Å². The van der Waals surface area contributed by atoms with Gasteiger partial charge in [0, 0.05) is 12.2 Å². The van der Waals surface area contributed by atoms with Crippen LogP contribution < -0.4 is 10.5 Å². The second-order valence-corrected chi connectivity index (χ2v) is 13.8. The van der Waals surface area contributed by atoms with Crippen molar-refractivity contribution in [1.82, 2.24) is 0 Å². The molecule has 5 nitrogen and oxygen atoms in total. The van der Waals surface area contributed by atoms with Crippen LogP contribution in [0.3, 0.4) is 0 Å². The van der Waals surface area contributed by atoms with E-state index in [-0.39, 0.29) is 13.2 Å². The fourth-order valence-electron chi connectivity index (χ4n) is 3.88. The molecule has 180 valence electrons. The van der Waals surface area contributed by atoms with E-state index in [1.165, 1.54) is 17.7 Å². The highest BCUT2D eigenvalue weighted by atomic mass is 28.3. The first-order valence-electron chi connectivity index (χ1n) is 12.1. The van der Waals surface area contributed by atoms with Gasteiger partial charge >= 0.3 is 11.9 Å². The van der Waals surface area contributed by atoms with Crippen LogP contribution in [0.25, 0.3) is 0 Å². The topological polar surface area (TPSA) is 64.6 Å². The molecule has 0 radical (unpaired) electrons. The minimum atomic E-state index is -1.36. The van der Waals surface area contributed by atoms with Gasteiger partial charge in [-0.2, -0.15) is 0 Å². The number of hydrogen-bond donors (Lipinski definition) is 1. The molecule has 0 bridgehead atoms. The summed E-state index contributed by atoms with van der Waals surface area (Å²) in [5.74, 6) is -1.88. The third-order valence-electron chi connectivity index (χ3n) is 5.93. The van der Waals surface area contributed by atoms with Crippen LogP contribution >= 0.6 is 0 Å². The second kappa shape index (κ2) is 13.8. The van der Waals surface area contributed by atoms with Gasteiger partial charge in [0.2, 0.25) is 0 Å². The quantitative estimate of drug-likeness (QED) is 0.179. The number of rotatable bonds is 14. The van der Waals surface area contributed by atoms with Crippen molar-refractivity contribution in [3.63, 3.8) is 0 Å². The first-order chi connectivity index (χ1) is 15.9. The zero-order valence-corrected chi connectivity index (χ0v) is 21.6. The lowest BCUT2D eigenvalue weighted by molar-refractivity contribution is -0.161. The molecule has 33 heavy (non-hydrogen) atoms. The van der Waals surface area contributed by atoms with Crippen LogP contribution in [0.4, 0.5) is 5.69 Å². The molecule has 0 unspecified atom stereocenters. The minimum absolute atomic E-state index is 0.251. The van der Waals surface area contributed by atoms with Crippen LogP contribution in [0.1, 0.15) is 38.7 Å². The normalized spacial score (nSPS) is 11.3. The summed E-state index contributed by atoms with van der Waals surface area (Å²) < 4.78 is 10.1. The van der Waals surface area contributed by atoms with E-state index < -0.39 is 25.9 Å². The van der Waals surface area contributed by atoms with Gasteiger partial charge in [0.1, 0.15) is 0 Å². The number of esters is 2. The Morgan fingerprint density at radius 2 is 1.48 bits per heavy atom. The first kappa shape index (κ1) is 26.6. The van der Waals surface area contributed by atoms with E-state index in [1.54, 1.807) is 13.8 Å². The summed E-state index contributed by atoms with van der Waals surface area (Å²) in [6.45, 7) is 9.82. The van der Waals surface area contributed by atoms with Crippen LogP contribution in [0, 0.1) is 5.92 Å². The van der Waals surface area contributed by atoms with Gasteiger partial charge in [-0.3, -0.25) is 9.59 Å². The average molecular weight is 470 g/mol. The third-order valence-corrected chi connectivity index (χ3v) is 9.43. The Bertz CT molecular complexity index is 834. The van der Waals surface area contributed by atoms with E-state index in [2.05, 4.69) is 60.9 Å². The van der Waals surface area contributed by atoms with Gasteiger partial charge < -0.3 is 14.8 Å². The Hall–Kier alpha value is -2.60. The maximum atomic E-state index is 12.1. The number of nitrogens with one attached hydrogen (secondary N) is 1. The zero-order chi connectivity index (χ0) is 24.1. The molecule has 0 spiro atoms. The van der Waals surface area contributed by atoms with Crippen LogP contribution in [0.5, 0.6) is 0 Å². The lowest BCUT2D eigenvalue weighted by Crippen LogP contribution is -2.40. The smallest absolute Gasteiger partial charge is 0.320 e. The Balaban J connectivity index is 1.75. The van der Waals surface area contributed by atoms with Crippen molar-refractivity contribution in [2.75, 3.05) is 25.1 Å². The highest BCUT2D eigenvalue weighted by Crippen LogP contribution is 2.17. The zero-order valence-electron chi connectivity index (χ0n) is 20.6. The number of unbranched alkanes of at least 4 members (excludes halogenated alkanes) is 1. The van der Waals surface area contributed by atoms with Crippen molar-refractivity contribution in [3.8, 4) is 0 Å². The summed E-state index contributed by atoms with van der Waals surface area (Å²) in [6.07, 6.45) is 3.36. The van der Waals surface area contributed by atoms with E-state index in [0.29, 0.717) is 12.8 Å². The van der Waals surface area contributed by atoms with Crippen molar-refractivity contribution in [2.45, 2.75) is 58.7 Å². The maximum Gasteiger partial charge on any atom is 0.320 e. The van der Waals surface area contributed by atoms with E-state index in [1.807, 2.05) is 12.1 Å². The Morgan fingerprint density at radius 3 is 2.06 bits per heavy atom. The first-order valence-corrected chi connectivity index (χ1v) is 15.3. The molecule has 0 saturated carbocycles. The van der Waals surface area contributed by atoms with Crippen molar-refractivity contribution in [3.05, 3.63) is 60.2 Å². The molecule has 0 saturated heterocycles. The predicted molar refractivity (Wildman–Crippen MR) is 138 cm³/mol. The van der Waals surface area contributed by atoms with Gasteiger partial charge in [0.05, 0.1) is 21.3 Å². The number of ether oxygens (including phenoxy) is 2. The number of benzene rings is 2. The summed E-state index contributed by atoms with van der Waals surface area (Å²) >= 11 is 0. The number of carbonyl (C=O) groups excluding carboxylic acids is 2. The summed E-state index contributed by atoms with van der Waals surface area (Å²) in [6, 6.07) is 20.4. The molecule has 0 amide bonds. The minimum Gasteiger partial charge on any atom is -0.465 e. The van der Waals surface area contributed by atoms with Gasteiger partial charge in [0.25, 0.3) is 0 Å². The van der Waals surface area contributed by atoms with E-state index >= 15 is 0 Å². The number of hydrogen-bond acceptors (Lipinski definition) is 5. The highest BCUT2D eigenvalue weighted by molar-refractivity contribution is 6.89. The fourth-order valence-corrected chi connectivity index (χ4v) is 6.39. The molecule has 0 heterocycles. The molecule has 2 aromatic rings. The van der Waals surface area contributed by atoms with Gasteiger partial charge in [0.15, 0.2) is 5.92 Å². The summed E-state index contributed by atoms with van der Waals surface area (Å²) in [7, 11) is -1.36. The van der Waals surface area contributed by atoms with Crippen LogP contribution in [-0.4, -0.2) is 39.8 Å². The molecular formula is C27H39NO4Si. The average Bonchev–Trinajstić information content (AvgIpc) is 2.81. The summed E-state index contributed by atoms with van der Waals surface area (Å²) in [5, 5.41) is 5.03. The summed E-state index contributed by atoms with van der Waals surface area (Å²) in [4.78, 5) is 24.2. The molecule has 2 aromatic carbocycles. The molecule has 0 aliphatic heterocycles. The van der Waals surface area contributed by atoms with E-state index in [0.717, 1.165) is 24.2 Å². The van der Waals surface area contributed by atoms with Crippen LogP contribution in [0.15, 0.2) is 54.6 Å². The van der Waals surface area contributed by atoms with Gasteiger partial charge in [-0.1, -0.05) is 73.2 Å². The van der Waals surface area contributed by atoms with Crippen molar-refractivity contribution >= 4 is 30.9 Å². The number of carbonyl (C=O) groups is 2. The fraction of sp³-hybridized carbons (Fsp3) is 0.481. The standard InChI is InChI=1S/C27H39NO4Si/c1-5-31-26(29)25(27(30)32-6-2)19-16-22-14-17-23(18-15-22)28-20-10-11-21-33(3,4)24-12-8-7-9-13-24/h7-9,12-15,17-18,25,28H,5-6,10-11,16,19-21H2,1-4H3. The molecule has 0 atom stereocenters. The van der Waals surface area contributed by atoms with Crippen LogP contribution in [-0.2, 0) is 25.5 Å². The maximum absolute atomic E-state index is 12.1. The van der Waals surface area contributed by atoms with E-state index in [4.69, 9.17) is 9.47 Å². The molecule has 0 aliphatic rings. The number of anilines is 1. The second-order valence-electron chi connectivity index (χ2n) is 8.93. The predicted octanol–water partition coefficient (Wildman–Crippen LogP) is 5.17. The monoisotopic (exact) mass is 469 g/mol. The van der Waals surface area contributed by atoms with Gasteiger partial charge in [-0.25, -0.2) is 0 Å². The van der Waals surface area contributed by atoms with Crippen molar-refractivity contribution in [2.24, 2.45) is 5.92 Å². The lowest BCUT2D eigenvalue weighted by atomic mass is 9.99. The molecule has 0 aliphatic carbocycles. The Kier molecular flexibility index (Phi) is 11.2. The Labute approximate surface area is 199 Å². The molecule has 0 fully saturated rings. The molecule has 2 rings (SSSR count). The molecule has 0 aromatic heterocycles. The van der Waals surface area contributed by atoms with Crippen LogP contribution in [0.2, 0.25) is 19.1 Å². The lowest BCUT2D eigenvalue weighted by Gasteiger charge is -2.23. The van der Waals surface area contributed by atoms with Crippen molar-refractivity contribution in [1.29, 1.82) is 0 Å². The van der Waals surface area contributed by atoms with E-state index in [9.17, 15) is 9.59 Å².